The quantitative estimate of drug-likeness (QED) is 0.636. The zero-order valence-electron chi connectivity index (χ0n) is 11.2. The molecule has 1 rings (SSSR count). The number of hydrogen-bond donors (Lipinski definition) is 0. The molecule has 0 bridgehead atoms. The van der Waals surface area contributed by atoms with Gasteiger partial charge in [0, 0.05) is 6.61 Å². The van der Waals surface area contributed by atoms with Crippen LogP contribution in [0.3, 0.4) is 0 Å². The van der Waals surface area contributed by atoms with Crippen LogP contribution < -0.4 is 4.74 Å². The fraction of sp³-hybridized carbons (Fsp3) is 0.600. The summed E-state index contributed by atoms with van der Waals surface area (Å²) in [6.07, 6.45) is 3.72. The van der Waals surface area contributed by atoms with E-state index in [2.05, 4.69) is 32.9 Å². The second-order valence-electron chi connectivity index (χ2n) is 4.65. The van der Waals surface area contributed by atoms with Crippen LogP contribution in [0.15, 0.2) is 24.3 Å². The molecular weight excluding hydrogens is 212 g/mol. The molecule has 0 aliphatic rings. The van der Waals surface area contributed by atoms with Crippen molar-refractivity contribution < 1.29 is 9.47 Å². The van der Waals surface area contributed by atoms with Gasteiger partial charge in [-0.2, -0.15) is 0 Å². The molecule has 2 heteroatoms. The Kier molecular flexibility index (Phi) is 6.71. The standard InChI is InChI=1S/C15H24O2/c1-13(2)16-10-5-4-6-11-17-15-9-7-8-14(3)12-15/h7-9,12-13H,4-6,10-11H2,1-3H3. The van der Waals surface area contributed by atoms with Crippen molar-refractivity contribution in [1.29, 1.82) is 0 Å². The maximum absolute atomic E-state index is 5.67. The zero-order chi connectivity index (χ0) is 12.5. The predicted octanol–water partition coefficient (Wildman–Crippen LogP) is 3.97. The largest absolute Gasteiger partial charge is 0.494 e. The minimum atomic E-state index is 0.346. The van der Waals surface area contributed by atoms with Gasteiger partial charge in [-0.1, -0.05) is 12.1 Å². The van der Waals surface area contributed by atoms with E-state index in [4.69, 9.17) is 9.47 Å². The van der Waals surface area contributed by atoms with Crippen LogP contribution in [0.25, 0.3) is 0 Å². The third-order valence-electron chi connectivity index (χ3n) is 2.50. The number of aryl methyl sites for hydroxylation is 1. The van der Waals surface area contributed by atoms with Crippen molar-refractivity contribution in [3.05, 3.63) is 29.8 Å². The highest BCUT2D eigenvalue weighted by atomic mass is 16.5. The summed E-state index contributed by atoms with van der Waals surface area (Å²) in [7, 11) is 0. The number of unbranched alkanes of at least 4 members (excludes halogenated alkanes) is 2. The van der Waals surface area contributed by atoms with Gasteiger partial charge in [-0.3, -0.25) is 0 Å². The van der Waals surface area contributed by atoms with Gasteiger partial charge in [-0.15, -0.1) is 0 Å². The van der Waals surface area contributed by atoms with E-state index in [1.807, 2.05) is 12.1 Å². The molecule has 0 radical (unpaired) electrons. The molecule has 0 aliphatic heterocycles. The molecule has 2 nitrogen and oxygen atoms in total. The average Bonchev–Trinajstić information content (AvgIpc) is 2.27. The van der Waals surface area contributed by atoms with E-state index in [1.165, 1.54) is 12.0 Å². The van der Waals surface area contributed by atoms with Gasteiger partial charge in [-0.05, 0) is 57.7 Å². The first-order valence-corrected chi connectivity index (χ1v) is 6.49. The summed E-state index contributed by atoms with van der Waals surface area (Å²) in [5.41, 5.74) is 1.24. The number of hydrogen-bond acceptors (Lipinski definition) is 2. The number of ether oxygens (including phenoxy) is 2. The molecule has 0 N–H and O–H groups in total. The molecule has 0 aromatic heterocycles. The minimum absolute atomic E-state index is 0.346. The molecule has 0 unspecified atom stereocenters. The van der Waals surface area contributed by atoms with Crippen molar-refractivity contribution in [3.63, 3.8) is 0 Å². The van der Waals surface area contributed by atoms with Gasteiger partial charge in [0.1, 0.15) is 5.75 Å². The van der Waals surface area contributed by atoms with E-state index in [1.54, 1.807) is 0 Å². The number of benzene rings is 1. The summed E-state index contributed by atoms with van der Waals surface area (Å²) in [6.45, 7) is 7.88. The molecule has 0 saturated carbocycles. The zero-order valence-corrected chi connectivity index (χ0v) is 11.2. The third-order valence-corrected chi connectivity index (χ3v) is 2.50. The Morgan fingerprint density at radius 2 is 1.82 bits per heavy atom. The Hall–Kier alpha value is -1.02. The van der Waals surface area contributed by atoms with Crippen LogP contribution in [0.2, 0.25) is 0 Å². The highest BCUT2D eigenvalue weighted by Crippen LogP contribution is 2.12. The van der Waals surface area contributed by atoms with Gasteiger partial charge in [0.2, 0.25) is 0 Å². The van der Waals surface area contributed by atoms with Crippen LogP contribution >= 0.6 is 0 Å². The molecule has 0 fully saturated rings. The SMILES string of the molecule is Cc1cccc(OCCCCCOC(C)C)c1. The van der Waals surface area contributed by atoms with Crippen LogP contribution in [-0.2, 0) is 4.74 Å². The summed E-state index contributed by atoms with van der Waals surface area (Å²) >= 11 is 0. The fourth-order valence-electron chi connectivity index (χ4n) is 1.60. The molecule has 0 heterocycles. The van der Waals surface area contributed by atoms with Crippen molar-refractivity contribution in [2.45, 2.75) is 46.1 Å². The van der Waals surface area contributed by atoms with Crippen molar-refractivity contribution in [2.75, 3.05) is 13.2 Å². The number of rotatable bonds is 8. The van der Waals surface area contributed by atoms with E-state index < -0.39 is 0 Å². The smallest absolute Gasteiger partial charge is 0.119 e. The van der Waals surface area contributed by atoms with Crippen LogP contribution in [0.1, 0.15) is 38.7 Å². The van der Waals surface area contributed by atoms with Gasteiger partial charge < -0.3 is 9.47 Å². The van der Waals surface area contributed by atoms with Crippen LogP contribution in [0.5, 0.6) is 5.75 Å². The van der Waals surface area contributed by atoms with Gasteiger partial charge in [-0.25, -0.2) is 0 Å². The van der Waals surface area contributed by atoms with Gasteiger partial charge in [0.15, 0.2) is 0 Å². The maximum Gasteiger partial charge on any atom is 0.119 e. The molecule has 0 amide bonds. The lowest BCUT2D eigenvalue weighted by atomic mass is 10.2. The first kappa shape index (κ1) is 14.0. The van der Waals surface area contributed by atoms with Crippen LogP contribution in [0.4, 0.5) is 0 Å². The Balaban J connectivity index is 2.01. The van der Waals surface area contributed by atoms with Gasteiger partial charge in [0.05, 0.1) is 12.7 Å². The van der Waals surface area contributed by atoms with E-state index in [9.17, 15) is 0 Å². The lowest BCUT2D eigenvalue weighted by molar-refractivity contribution is 0.0752. The van der Waals surface area contributed by atoms with Gasteiger partial charge >= 0.3 is 0 Å². The second-order valence-corrected chi connectivity index (χ2v) is 4.65. The van der Waals surface area contributed by atoms with Crippen LogP contribution in [-0.4, -0.2) is 19.3 Å². The Bertz CT molecular complexity index is 308. The minimum Gasteiger partial charge on any atom is -0.494 e. The summed E-state index contributed by atoms with van der Waals surface area (Å²) in [5.74, 6) is 0.975. The molecule has 0 aliphatic carbocycles. The predicted molar refractivity (Wildman–Crippen MR) is 71.6 cm³/mol. The molecule has 0 saturated heterocycles. The third kappa shape index (κ3) is 7.01. The summed E-state index contributed by atoms with van der Waals surface area (Å²) in [6, 6.07) is 8.19. The highest BCUT2D eigenvalue weighted by molar-refractivity contribution is 5.27. The fourth-order valence-corrected chi connectivity index (χ4v) is 1.60. The molecule has 17 heavy (non-hydrogen) atoms. The molecular formula is C15H24O2. The first-order chi connectivity index (χ1) is 8.18. The Morgan fingerprint density at radius 1 is 1.06 bits per heavy atom. The van der Waals surface area contributed by atoms with E-state index >= 15 is 0 Å². The van der Waals surface area contributed by atoms with Gasteiger partial charge in [0.25, 0.3) is 0 Å². The summed E-state index contributed by atoms with van der Waals surface area (Å²) < 4.78 is 11.2. The molecule has 0 atom stereocenters. The Morgan fingerprint density at radius 3 is 2.53 bits per heavy atom. The van der Waals surface area contributed by atoms with Crippen molar-refractivity contribution >= 4 is 0 Å². The Labute approximate surface area is 105 Å². The lowest BCUT2D eigenvalue weighted by Gasteiger charge is -2.08. The normalized spacial score (nSPS) is 10.8. The van der Waals surface area contributed by atoms with Crippen LogP contribution in [0, 0.1) is 6.92 Å². The average molecular weight is 236 g/mol. The summed E-state index contributed by atoms with van der Waals surface area (Å²) in [4.78, 5) is 0. The second kappa shape index (κ2) is 8.13. The topological polar surface area (TPSA) is 18.5 Å². The van der Waals surface area contributed by atoms with E-state index in [0.717, 1.165) is 31.8 Å². The molecule has 1 aromatic rings. The maximum atomic E-state index is 5.67. The highest BCUT2D eigenvalue weighted by Gasteiger charge is 1.96. The van der Waals surface area contributed by atoms with Crippen molar-refractivity contribution in [3.8, 4) is 5.75 Å². The molecule has 96 valence electrons. The van der Waals surface area contributed by atoms with E-state index in [0.29, 0.717) is 6.10 Å². The lowest BCUT2D eigenvalue weighted by Crippen LogP contribution is -2.04. The van der Waals surface area contributed by atoms with Crippen molar-refractivity contribution in [1.82, 2.24) is 0 Å². The monoisotopic (exact) mass is 236 g/mol. The van der Waals surface area contributed by atoms with E-state index in [-0.39, 0.29) is 0 Å². The van der Waals surface area contributed by atoms with Crippen molar-refractivity contribution in [2.24, 2.45) is 0 Å². The molecule has 0 spiro atoms. The molecule has 1 aromatic carbocycles. The summed E-state index contributed by atoms with van der Waals surface area (Å²) in [5, 5.41) is 0. The first-order valence-electron chi connectivity index (χ1n) is 6.49.